The number of hydrogen-bond acceptors (Lipinski definition) is 6. The summed E-state index contributed by atoms with van der Waals surface area (Å²) in [6.07, 6.45) is -1.09. The largest absolute Gasteiger partial charge is 0.475 e. The molecule has 0 aliphatic carbocycles. The fraction of sp³-hybridized carbons (Fsp3) is 0.560. The van der Waals surface area contributed by atoms with Gasteiger partial charge in [-0.05, 0) is 38.7 Å². The Kier molecular flexibility index (Phi) is 12.0. The Labute approximate surface area is 210 Å². The van der Waals surface area contributed by atoms with Gasteiger partial charge in [0.2, 0.25) is 11.8 Å². The molecule has 200 valence electrons. The zero-order valence-corrected chi connectivity index (χ0v) is 21.3. The van der Waals surface area contributed by atoms with E-state index in [1.807, 2.05) is 0 Å². The van der Waals surface area contributed by atoms with E-state index in [0.29, 0.717) is 0 Å². The van der Waals surface area contributed by atoms with Crippen LogP contribution in [-0.4, -0.2) is 65.2 Å². The Morgan fingerprint density at radius 3 is 1.97 bits per heavy atom. The smallest absolute Gasteiger partial charge is 0.408 e. The summed E-state index contributed by atoms with van der Waals surface area (Å²) < 4.78 is 18.1. The molecule has 0 saturated carbocycles. The van der Waals surface area contributed by atoms with E-state index in [9.17, 15) is 28.4 Å². The molecule has 0 heterocycles. The predicted octanol–water partition coefficient (Wildman–Crippen LogP) is 2.15. The van der Waals surface area contributed by atoms with Crippen molar-refractivity contribution in [1.82, 2.24) is 16.0 Å². The molecule has 3 atom stereocenters. The first-order valence-corrected chi connectivity index (χ1v) is 11.7. The topological polar surface area (TPSA) is 151 Å². The Morgan fingerprint density at radius 1 is 0.917 bits per heavy atom. The molecule has 0 spiro atoms. The molecule has 0 saturated heterocycles. The van der Waals surface area contributed by atoms with Crippen molar-refractivity contribution in [2.75, 3.05) is 6.67 Å². The van der Waals surface area contributed by atoms with Crippen LogP contribution in [0.2, 0.25) is 0 Å². The monoisotopic (exact) mass is 509 g/mol. The van der Waals surface area contributed by atoms with Crippen molar-refractivity contribution in [3.8, 4) is 0 Å². The van der Waals surface area contributed by atoms with Crippen LogP contribution in [0.1, 0.15) is 53.0 Å². The molecule has 0 bridgehead atoms. The number of halogens is 1. The van der Waals surface area contributed by atoms with Gasteiger partial charge in [0.15, 0.2) is 0 Å². The van der Waals surface area contributed by atoms with Crippen LogP contribution in [0.5, 0.6) is 0 Å². The number of alkyl halides is 1. The average Bonchev–Trinajstić information content (AvgIpc) is 2.76. The minimum absolute atomic E-state index is 0.0813. The van der Waals surface area contributed by atoms with E-state index in [2.05, 4.69) is 16.0 Å². The van der Waals surface area contributed by atoms with E-state index in [4.69, 9.17) is 9.84 Å². The highest BCUT2D eigenvalue weighted by Crippen LogP contribution is 2.11. The van der Waals surface area contributed by atoms with E-state index in [1.165, 1.54) is 0 Å². The molecule has 4 N–H and O–H groups in total. The number of hydrogen-bond donors (Lipinski definition) is 4. The van der Waals surface area contributed by atoms with Crippen LogP contribution in [0, 0.1) is 5.92 Å². The zero-order valence-electron chi connectivity index (χ0n) is 21.3. The fourth-order valence-electron chi connectivity index (χ4n) is 3.28. The molecule has 0 aliphatic heterocycles. The maximum atomic E-state index is 13.2. The number of rotatable bonds is 13. The summed E-state index contributed by atoms with van der Waals surface area (Å²) in [5.74, 6) is -4.76. The summed E-state index contributed by atoms with van der Waals surface area (Å²) in [5.41, 5.74) is -0.0614. The summed E-state index contributed by atoms with van der Waals surface area (Å²) in [6, 6.07) is 5.05. The van der Waals surface area contributed by atoms with Gasteiger partial charge in [-0.3, -0.25) is 18.8 Å². The van der Waals surface area contributed by atoms with Gasteiger partial charge in [0, 0.05) is 12.8 Å². The van der Waals surface area contributed by atoms with Gasteiger partial charge in [0.25, 0.3) is 5.78 Å². The van der Waals surface area contributed by atoms with Crippen LogP contribution >= 0.6 is 0 Å². The number of ketones is 1. The van der Waals surface area contributed by atoms with Crippen LogP contribution < -0.4 is 16.0 Å². The third kappa shape index (κ3) is 11.3. The van der Waals surface area contributed by atoms with Crippen molar-refractivity contribution in [1.29, 1.82) is 0 Å². The average molecular weight is 510 g/mol. The quantitative estimate of drug-likeness (QED) is 0.298. The minimum Gasteiger partial charge on any atom is -0.475 e. The Hall–Kier alpha value is -3.50. The number of ether oxygens (including phenoxy) is 1. The number of alkyl carbamates (subject to hydrolysis) is 1. The van der Waals surface area contributed by atoms with Gasteiger partial charge < -0.3 is 25.8 Å². The molecule has 2 unspecified atom stereocenters. The lowest BCUT2D eigenvalue weighted by atomic mass is 10.00. The summed E-state index contributed by atoms with van der Waals surface area (Å²) >= 11 is 0. The van der Waals surface area contributed by atoms with Crippen molar-refractivity contribution in [3.63, 3.8) is 0 Å². The predicted molar refractivity (Wildman–Crippen MR) is 130 cm³/mol. The van der Waals surface area contributed by atoms with Crippen molar-refractivity contribution in [2.45, 2.75) is 77.6 Å². The van der Waals surface area contributed by atoms with Crippen LogP contribution in [-0.2, 0) is 30.3 Å². The number of carboxylic acids is 1. The molecule has 1 aromatic rings. The first-order chi connectivity index (χ1) is 16.7. The summed E-state index contributed by atoms with van der Waals surface area (Å²) in [4.78, 5) is 61.4. The second-order valence-corrected chi connectivity index (χ2v) is 9.79. The SMILES string of the molecule is CC(C)CC(NC(=O)[C@H](Cc1ccccc1)NC(=O)OC(C)(C)C)C(=O)NC(CCF)C(=O)C(=O)O. The Morgan fingerprint density at radius 2 is 1.47 bits per heavy atom. The molecule has 0 aliphatic rings. The highest BCUT2D eigenvalue weighted by Gasteiger charge is 2.32. The molecule has 3 amide bonds. The summed E-state index contributed by atoms with van der Waals surface area (Å²) in [7, 11) is 0. The lowest BCUT2D eigenvalue weighted by molar-refractivity contribution is -0.150. The number of Topliss-reactive ketones (excluding diaryl/α,β-unsaturated/α-hetero) is 1. The lowest BCUT2D eigenvalue weighted by Crippen LogP contribution is -2.57. The first-order valence-electron chi connectivity index (χ1n) is 11.7. The van der Waals surface area contributed by atoms with Crippen molar-refractivity contribution in [2.24, 2.45) is 5.92 Å². The van der Waals surface area contributed by atoms with E-state index in [0.717, 1.165) is 5.56 Å². The van der Waals surface area contributed by atoms with Crippen LogP contribution in [0.15, 0.2) is 30.3 Å². The second kappa shape index (κ2) is 14.2. The van der Waals surface area contributed by atoms with Crippen molar-refractivity contribution >= 4 is 29.7 Å². The number of carboxylic acid groups (broad SMARTS) is 1. The van der Waals surface area contributed by atoms with Crippen LogP contribution in [0.3, 0.4) is 0 Å². The van der Waals surface area contributed by atoms with E-state index < -0.39 is 66.5 Å². The van der Waals surface area contributed by atoms with Gasteiger partial charge in [0.05, 0.1) is 6.67 Å². The number of carbonyl (C=O) groups is 5. The molecule has 1 aromatic carbocycles. The third-order valence-electron chi connectivity index (χ3n) is 4.87. The van der Waals surface area contributed by atoms with Gasteiger partial charge in [-0.1, -0.05) is 44.2 Å². The zero-order chi connectivity index (χ0) is 27.5. The van der Waals surface area contributed by atoms with Crippen molar-refractivity contribution in [3.05, 3.63) is 35.9 Å². The fourth-order valence-corrected chi connectivity index (χ4v) is 3.28. The van der Waals surface area contributed by atoms with Crippen molar-refractivity contribution < 1.29 is 38.2 Å². The molecular formula is C25H36FN3O7. The van der Waals surface area contributed by atoms with Crippen LogP contribution in [0.4, 0.5) is 9.18 Å². The highest BCUT2D eigenvalue weighted by molar-refractivity contribution is 6.35. The molecule has 10 nitrogen and oxygen atoms in total. The maximum Gasteiger partial charge on any atom is 0.408 e. The van der Waals surface area contributed by atoms with E-state index in [-0.39, 0.29) is 18.8 Å². The maximum absolute atomic E-state index is 13.2. The standard InChI is InChI=1S/C25H36FN3O7/c1-15(2)13-18(21(31)27-17(11-12-26)20(30)23(33)34)28-22(32)19(14-16-9-7-6-8-10-16)29-24(35)36-25(3,4)5/h6-10,15,17-19H,11-14H2,1-5H3,(H,27,31)(H,28,32)(H,29,35)(H,33,34)/t17?,18?,19-/m0/s1. The Balaban J connectivity index is 3.11. The normalized spacial score (nSPS) is 13.8. The highest BCUT2D eigenvalue weighted by atomic mass is 19.1. The number of carbonyl (C=O) groups excluding carboxylic acids is 4. The van der Waals surface area contributed by atoms with Gasteiger partial charge >= 0.3 is 12.1 Å². The van der Waals surface area contributed by atoms with Crippen LogP contribution in [0.25, 0.3) is 0 Å². The third-order valence-corrected chi connectivity index (χ3v) is 4.87. The molecule has 36 heavy (non-hydrogen) atoms. The van der Waals surface area contributed by atoms with Gasteiger partial charge in [-0.15, -0.1) is 0 Å². The van der Waals surface area contributed by atoms with E-state index >= 15 is 0 Å². The van der Waals surface area contributed by atoms with E-state index in [1.54, 1.807) is 65.0 Å². The second-order valence-electron chi connectivity index (χ2n) is 9.79. The summed E-state index contributed by atoms with van der Waals surface area (Å²) in [5, 5.41) is 16.3. The molecular weight excluding hydrogens is 473 g/mol. The molecule has 0 radical (unpaired) electrons. The van der Waals surface area contributed by atoms with Gasteiger partial charge in [-0.2, -0.15) is 0 Å². The minimum atomic E-state index is -1.80. The number of nitrogens with one attached hydrogen (secondary N) is 3. The first kappa shape index (κ1) is 30.5. The lowest BCUT2D eigenvalue weighted by Gasteiger charge is -2.26. The number of benzene rings is 1. The molecule has 1 rings (SSSR count). The molecule has 0 fully saturated rings. The van der Waals surface area contributed by atoms with Gasteiger partial charge in [0.1, 0.15) is 23.7 Å². The molecule has 0 aromatic heterocycles. The summed E-state index contributed by atoms with van der Waals surface area (Å²) in [6.45, 7) is 7.60. The number of aliphatic carboxylic acids is 1. The number of amides is 3. The molecule has 11 heteroatoms. The van der Waals surface area contributed by atoms with Gasteiger partial charge in [-0.25, -0.2) is 9.59 Å². The Bertz CT molecular complexity index is 916.